The highest BCUT2D eigenvalue weighted by Gasteiger charge is 2.38. The molecule has 72 valence electrons. The van der Waals surface area contributed by atoms with Crippen molar-refractivity contribution in [3.8, 4) is 0 Å². The van der Waals surface area contributed by atoms with Crippen LogP contribution < -0.4 is 5.73 Å². The molecule has 0 radical (unpaired) electrons. The molecule has 1 aromatic rings. The third-order valence-corrected chi connectivity index (χ3v) is 1.82. The van der Waals surface area contributed by atoms with Crippen molar-refractivity contribution < 1.29 is 13.9 Å². The summed E-state index contributed by atoms with van der Waals surface area (Å²) in [5.41, 5.74) is 4.91. The summed E-state index contributed by atoms with van der Waals surface area (Å²) in [4.78, 5) is 0. The van der Waals surface area contributed by atoms with E-state index in [1.807, 2.05) is 0 Å². The van der Waals surface area contributed by atoms with Gasteiger partial charge in [-0.15, -0.1) is 0 Å². The number of alkyl halides is 2. The van der Waals surface area contributed by atoms with Crippen LogP contribution in [0.25, 0.3) is 0 Å². The van der Waals surface area contributed by atoms with Gasteiger partial charge in [-0.25, -0.2) is 0 Å². The van der Waals surface area contributed by atoms with Crippen molar-refractivity contribution in [3.63, 3.8) is 0 Å². The molecule has 0 amide bonds. The van der Waals surface area contributed by atoms with Crippen LogP contribution in [0.1, 0.15) is 5.56 Å². The lowest BCUT2D eigenvalue weighted by atomic mass is 10.0. The molecule has 0 fully saturated rings. The zero-order valence-corrected chi connectivity index (χ0v) is 6.95. The van der Waals surface area contributed by atoms with Crippen LogP contribution in [0.5, 0.6) is 0 Å². The van der Waals surface area contributed by atoms with Crippen molar-refractivity contribution in [3.05, 3.63) is 35.9 Å². The van der Waals surface area contributed by atoms with Gasteiger partial charge in [0.05, 0.1) is 12.6 Å². The Balaban J connectivity index is 2.93. The molecule has 0 aromatic heterocycles. The Kier molecular flexibility index (Phi) is 2.95. The third kappa shape index (κ3) is 2.02. The first-order chi connectivity index (χ1) is 6.09. The average Bonchev–Trinajstić information content (AvgIpc) is 2.18. The molecule has 13 heavy (non-hydrogen) atoms. The molecule has 0 aliphatic rings. The molecule has 0 saturated carbocycles. The van der Waals surface area contributed by atoms with Crippen LogP contribution in [0.3, 0.4) is 0 Å². The average molecular weight is 187 g/mol. The lowest BCUT2D eigenvalue weighted by Crippen LogP contribution is -2.41. The summed E-state index contributed by atoms with van der Waals surface area (Å²) in [7, 11) is 0. The first-order valence-corrected chi connectivity index (χ1v) is 3.89. The second-order valence-electron chi connectivity index (χ2n) is 2.78. The highest BCUT2D eigenvalue weighted by Crippen LogP contribution is 2.30. The maximum atomic E-state index is 13.3. The Morgan fingerprint density at radius 3 is 2.31 bits per heavy atom. The van der Waals surface area contributed by atoms with Crippen LogP contribution in [0, 0.1) is 0 Å². The van der Waals surface area contributed by atoms with Gasteiger partial charge in [0, 0.05) is 5.56 Å². The van der Waals surface area contributed by atoms with E-state index in [9.17, 15) is 8.78 Å². The van der Waals surface area contributed by atoms with Crippen LogP contribution in [0.15, 0.2) is 30.3 Å². The van der Waals surface area contributed by atoms with Gasteiger partial charge in [-0.2, -0.15) is 8.78 Å². The summed E-state index contributed by atoms with van der Waals surface area (Å²) >= 11 is 0. The Labute approximate surface area is 75.0 Å². The molecule has 1 atom stereocenters. The molecule has 0 unspecified atom stereocenters. The largest absolute Gasteiger partial charge is 0.395 e. The molecular formula is C9H11F2NO. The van der Waals surface area contributed by atoms with Gasteiger partial charge in [-0.1, -0.05) is 30.3 Å². The predicted molar refractivity (Wildman–Crippen MR) is 45.4 cm³/mol. The normalized spacial score (nSPS) is 14.2. The third-order valence-electron chi connectivity index (χ3n) is 1.82. The fourth-order valence-electron chi connectivity index (χ4n) is 0.989. The molecule has 0 spiro atoms. The minimum absolute atomic E-state index is 0.170. The van der Waals surface area contributed by atoms with E-state index in [0.29, 0.717) is 0 Å². The number of halogens is 2. The van der Waals surface area contributed by atoms with Gasteiger partial charge in [-0.05, 0) is 0 Å². The number of hydrogen-bond donors (Lipinski definition) is 2. The Bertz CT molecular complexity index is 264. The summed E-state index contributed by atoms with van der Waals surface area (Å²) < 4.78 is 26.5. The summed E-state index contributed by atoms with van der Waals surface area (Å²) in [6.07, 6.45) is 0. The van der Waals surface area contributed by atoms with Crippen molar-refractivity contribution in [1.82, 2.24) is 0 Å². The van der Waals surface area contributed by atoms with E-state index in [1.54, 1.807) is 6.07 Å². The number of aliphatic hydroxyl groups excluding tert-OH is 1. The molecule has 0 aliphatic heterocycles. The topological polar surface area (TPSA) is 46.2 Å². The second kappa shape index (κ2) is 3.81. The molecule has 4 heteroatoms. The predicted octanol–water partition coefficient (Wildman–Crippen LogP) is 1.10. The smallest absolute Gasteiger partial charge is 0.290 e. The van der Waals surface area contributed by atoms with Crippen molar-refractivity contribution in [2.75, 3.05) is 6.61 Å². The highest BCUT2D eigenvalue weighted by atomic mass is 19.3. The monoisotopic (exact) mass is 187 g/mol. The zero-order valence-electron chi connectivity index (χ0n) is 6.95. The quantitative estimate of drug-likeness (QED) is 0.744. The molecule has 0 saturated heterocycles. The number of hydrogen-bond acceptors (Lipinski definition) is 2. The number of benzene rings is 1. The SMILES string of the molecule is N[C@H](CO)C(F)(F)c1ccccc1. The molecule has 0 heterocycles. The molecular weight excluding hydrogens is 176 g/mol. The van der Waals surface area contributed by atoms with Crippen molar-refractivity contribution in [1.29, 1.82) is 0 Å². The lowest BCUT2D eigenvalue weighted by Gasteiger charge is -2.21. The van der Waals surface area contributed by atoms with Gasteiger partial charge >= 0.3 is 0 Å². The number of nitrogens with two attached hydrogens (primary N) is 1. The van der Waals surface area contributed by atoms with E-state index in [0.717, 1.165) is 0 Å². The Morgan fingerprint density at radius 1 is 1.31 bits per heavy atom. The van der Waals surface area contributed by atoms with Crippen LogP contribution in [0.4, 0.5) is 8.78 Å². The summed E-state index contributed by atoms with van der Waals surface area (Å²) in [5.74, 6) is -3.17. The van der Waals surface area contributed by atoms with Gasteiger partial charge in [0.1, 0.15) is 0 Å². The minimum Gasteiger partial charge on any atom is -0.395 e. The van der Waals surface area contributed by atoms with E-state index in [-0.39, 0.29) is 5.56 Å². The molecule has 2 nitrogen and oxygen atoms in total. The van der Waals surface area contributed by atoms with Gasteiger partial charge in [0.2, 0.25) is 0 Å². The molecule has 0 aliphatic carbocycles. The molecule has 0 bridgehead atoms. The summed E-state index contributed by atoms with van der Waals surface area (Å²) in [5, 5.41) is 8.53. The zero-order chi connectivity index (χ0) is 9.90. The van der Waals surface area contributed by atoms with Gasteiger partial charge in [0.15, 0.2) is 0 Å². The summed E-state index contributed by atoms with van der Waals surface area (Å²) in [6, 6.07) is 5.69. The van der Waals surface area contributed by atoms with E-state index < -0.39 is 18.6 Å². The van der Waals surface area contributed by atoms with Crippen molar-refractivity contribution in [2.45, 2.75) is 12.0 Å². The maximum Gasteiger partial charge on any atom is 0.290 e. The fraction of sp³-hybridized carbons (Fsp3) is 0.333. The number of aliphatic hydroxyl groups is 1. The molecule has 3 N–H and O–H groups in total. The standard InChI is InChI=1S/C9H11F2NO/c10-9(11,8(12)6-13)7-4-2-1-3-5-7/h1-5,8,13H,6,12H2/t8-/m1/s1. The van der Waals surface area contributed by atoms with E-state index >= 15 is 0 Å². The Morgan fingerprint density at radius 2 is 1.85 bits per heavy atom. The van der Waals surface area contributed by atoms with Crippen LogP contribution in [-0.2, 0) is 5.92 Å². The minimum atomic E-state index is -3.17. The summed E-state index contributed by atoms with van der Waals surface area (Å²) in [6.45, 7) is -0.734. The van der Waals surface area contributed by atoms with E-state index in [4.69, 9.17) is 10.8 Å². The van der Waals surface area contributed by atoms with Crippen molar-refractivity contribution >= 4 is 0 Å². The van der Waals surface area contributed by atoms with E-state index in [1.165, 1.54) is 24.3 Å². The van der Waals surface area contributed by atoms with Gasteiger partial charge < -0.3 is 10.8 Å². The van der Waals surface area contributed by atoms with Crippen LogP contribution in [0.2, 0.25) is 0 Å². The van der Waals surface area contributed by atoms with E-state index in [2.05, 4.69) is 0 Å². The van der Waals surface area contributed by atoms with Gasteiger partial charge in [-0.3, -0.25) is 0 Å². The first-order valence-electron chi connectivity index (χ1n) is 3.89. The first kappa shape index (κ1) is 10.1. The van der Waals surface area contributed by atoms with Crippen molar-refractivity contribution in [2.24, 2.45) is 5.73 Å². The lowest BCUT2D eigenvalue weighted by molar-refractivity contribution is -0.0463. The van der Waals surface area contributed by atoms with Crippen LogP contribution >= 0.6 is 0 Å². The molecule has 1 aromatic carbocycles. The van der Waals surface area contributed by atoms with Crippen LogP contribution in [-0.4, -0.2) is 17.8 Å². The highest BCUT2D eigenvalue weighted by molar-refractivity contribution is 5.21. The Hall–Kier alpha value is -1.00. The fourth-order valence-corrected chi connectivity index (χ4v) is 0.989. The number of rotatable bonds is 3. The second-order valence-corrected chi connectivity index (χ2v) is 2.78. The van der Waals surface area contributed by atoms with Gasteiger partial charge in [0.25, 0.3) is 5.92 Å². The molecule has 1 rings (SSSR count). The maximum absolute atomic E-state index is 13.3.